The van der Waals surface area contributed by atoms with Crippen LogP contribution in [0.15, 0.2) is 24.4 Å². The molecule has 25 heavy (non-hydrogen) atoms. The first-order valence-corrected chi connectivity index (χ1v) is 8.45. The van der Waals surface area contributed by atoms with Gasteiger partial charge >= 0.3 is 5.97 Å². The predicted octanol–water partition coefficient (Wildman–Crippen LogP) is 2.74. The third-order valence-electron chi connectivity index (χ3n) is 4.34. The minimum Gasteiger partial charge on any atom is -0.459 e. The number of nitrogens with zero attached hydrogens (tertiary/aromatic N) is 2. The normalized spacial score (nSPS) is 27.1. The zero-order chi connectivity index (χ0) is 19.0. The summed E-state index contributed by atoms with van der Waals surface area (Å²) in [5, 5.41) is 15.0. The molecular weight excluding hydrogens is 322 g/mol. The number of pyridine rings is 1. The summed E-state index contributed by atoms with van der Waals surface area (Å²) >= 11 is 0. The lowest BCUT2D eigenvalue weighted by Crippen LogP contribution is -2.46. The number of esters is 1. The maximum atomic E-state index is 12.7. The van der Waals surface area contributed by atoms with Crippen LogP contribution >= 0.6 is 0 Å². The highest BCUT2D eigenvalue weighted by atomic mass is 16.6. The van der Waals surface area contributed by atoms with Gasteiger partial charge in [-0.3, -0.25) is 25.2 Å². The van der Waals surface area contributed by atoms with Crippen molar-refractivity contribution in [3.63, 3.8) is 0 Å². The highest BCUT2D eigenvalue weighted by molar-refractivity contribution is 5.77. The summed E-state index contributed by atoms with van der Waals surface area (Å²) in [6, 6.07) is 2.91. The molecule has 1 aromatic heterocycles. The zero-order valence-electron chi connectivity index (χ0n) is 15.6. The van der Waals surface area contributed by atoms with Crippen molar-refractivity contribution >= 4 is 5.97 Å². The first kappa shape index (κ1) is 19.3. The van der Waals surface area contributed by atoms with Crippen LogP contribution in [-0.2, 0) is 9.53 Å². The zero-order valence-corrected chi connectivity index (χ0v) is 15.6. The Morgan fingerprint density at radius 3 is 2.32 bits per heavy atom. The number of aromatic nitrogens is 1. The molecule has 4 atom stereocenters. The topological polar surface area (TPSA) is 94.4 Å². The lowest BCUT2D eigenvalue weighted by atomic mass is 9.73. The largest absolute Gasteiger partial charge is 0.459 e. The highest BCUT2D eigenvalue weighted by Crippen LogP contribution is 2.43. The van der Waals surface area contributed by atoms with Crippen molar-refractivity contribution in [2.75, 3.05) is 0 Å². The van der Waals surface area contributed by atoms with Crippen LogP contribution in [-0.4, -0.2) is 33.6 Å². The summed E-state index contributed by atoms with van der Waals surface area (Å²) in [6.07, 6.45) is 1.60. The van der Waals surface area contributed by atoms with E-state index in [9.17, 15) is 14.9 Å². The van der Waals surface area contributed by atoms with Crippen LogP contribution in [0, 0.1) is 21.4 Å². The lowest BCUT2D eigenvalue weighted by Gasteiger charge is -2.32. The molecule has 138 valence electrons. The van der Waals surface area contributed by atoms with E-state index < -0.39 is 41.0 Å². The van der Waals surface area contributed by atoms with Gasteiger partial charge in [0.2, 0.25) is 6.04 Å². The van der Waals surface area contributed by atoms with Crippen molar-refractivity contribution in [2.45, 2.75) is 65.3 Å². The Morgan fingerprint density at radius 2 is 1.88 bits per heavy atom. The minimum atomic E-state index is -0.965. The predicted molar refractivity (Wildman–Crippen MR) is 93.5 cm³/mol. The number of nitro groups is 1. The Labute approximate surface area is 148 Å². The van der Waals surface area contributed by atoms with Crippen LogP contribution in [0.1, 0.15) is 53.3 Å². The van der Waals surface area contributed by atoms with E-state index in [4.69, 9.17) is 4.74 Å². The second-order valence-corrected chi connectivity index (χ2v) is 8.58. The van der Waals surface area contributed by atoms with Gasteiger partial charge in [-0.05, 0) is 38.3 Å². The van der Waals surface area contributed by atoms with Crippen molar-refractivity contribution < 1.29 is 14.5 Å². The number of rotatable bonds is 3. The minimum absolute atomic E-state index is 0.299. The van der Waals surface area contributed by atoms with E-state index in [1.807, 2.05) is 20.8 Å². The molecule has 0 spiro atoms. The fraction of sp³-hybridized carbons (Fsp3) is 0.667. The van der Waals surface area contributed by atoms with Crippen molar-refractivity contribution in [1.82, 2.24) is 10.3 Å². The Kier molecular flexibility index (Phi) is 5.18. The molecular formula is C18H27N3O4. The molecule has 7 heteroatoms. The van der Waals surface area contributed by atoms with Crippen LogP contribution in [0.4, 0.5) is 0 Å². The van der Waals surface area contributed by atoms with Crippen molar-refractivity contribution in [2.24, 2.45) is 11.3 Å². The quantitative estimate of drug-likeness (QED) is 0.512. The smallest absolute Gasteiger partial charge is 0.324 e. The molecule has 7 nitrogen and oxygen atoms in total. The van der Waals surface area contributed by atoms with Gasteiger partial charge in [-0.2, -0.15) is 0 Å². The van der Waals surface area contributed by atoms with Crippen molar-refractivity contribution in [3.8, 4) is 0 Å². The van der Waals surface area contributed by atoms with Crippen LogP contribution in [0.2, 0.25) is 0 Å². The van der Waals surface area contributed by atoms with Gasteiger partial charge in [0.15, 0.2) is 0 Å². The van der Waals surface area contributed by atoms with Gasteiger partial charge in [0, 0.05) is 11.1 Å². The van der Waals surface area contributed by atoms with Gasteiger partial charge in [-0.25, -0.2) is 0 Å². The monoisotopic (exact) mass is 349 g/mol. The number of nitrogens with one attached hydrogen (secondary N) is 1. The molecule has 0 saturated carbocycles. The van der Waals surface area contributed by atoms with E-state index in [-0.39, 0.29) is 4.92 Å². The van der Waals surface area contributed by atoms with Gasteiger partial charge in [0.1, 0.15) is 17.7 Å². The number of carbonyl (C=O) groups excluding carboxylic acids is 1. The third kappa shape index (κ3) is 4.34. The van der Waals surface area contributed by atoms with Gasteiger partial charge < -0.3 is 4.74 Å². The summed E-state index contributed by atoms with van der Waals surface area (Å²) in [7, 11) is 0. The van der Waals surface area contributed by atoms with Crippen LogP contribution in [0.3, 0.4) is 0 Å². The molecule has 1 N–H and O–H groups in total. The maximum Gasteiger partial charge on any atom is 0.324 e. The molecule has 2 rings (SSSR count). The first-order valence-electron chi connectivity index (χ1n) is 8.45. The Hall–Kier alpha value is -2.02. The SMILES string of the molecule is CC(C)(C)OC(=O)C1NC(c2ccccn2)C([N+](=O)[O-])C1C(C)(C)C. The van der Waals surface area contributed by atoms with E-state index in [2.05, 4.69) is 10.3 Å². The maximum absolute atomic E-state index is 12.7. The van der Waals surface area contributed by atoms with E-state index >= 15 is 0 Å². The average molecular weight is 349 g/mol. The molecule has 1 aromatic rings. The number of hydrogen-bond acceptors (Lipinski definition) is 6. The molecule has 0 radical (unpaired) electrons. The summed E-state index contributed by atoms with van der Waals surface area (Å²) < 4.78 is 5.51. The molecule has 1 aliphatic heterocycles. The molecule has 0 amide bonds. The Morgan fingerprint density at radius 1 is 1.24 bits per heavy atom. The van der Waals surface area contributed by atoms with Crippen molar-refractivity contribution in [3.05, 3.63) is 40.2 Å². The molecule has 1 fully saturated rings. The number of hydrogen-bond donors (Lipinski definition) is 1. The summed E-state index contributed by atoms with van der Waals surface area (Å²) in [4.78, 5) is 28.6. The molecule has 4 unspecified atom stereocenters. The molecule has 1 aliphatic rings. The molecule has 0 bridgehead atoms. The standard InChI is InChI=1S/C18H27N3O4/c1-17(2,3)12-14(16(22)25-18(4,5)6)20-13(15(12)21(23)24)11-9-7-8-10-19-11/h7-10,12-15,20H,1-6H3. The first-order chi connectivity index (χ1) is 11.4. The molecule has 2 heterocycles. The molecule has 1 saturated heterocycles. The van der Waals surface area contributed by atoms with E-state index in [0.29, 0.717) is 5.69 Å². The van der Waals surface area contributed by atoms with Crippen molar-refractivity contribution in [1.29, 1.82) is 0 Å². The molecule has 0 aromatic carbocycles. The summed E-state index contributed by atoms with van der Waals surface area (Å²) in [5.41, 5.74) is -0.561. The second-order valence-electron chi connectivity index (χ2n) is 8.58. The molecule has 0 aliphatic carbocycles. The Balaban J connectivity index is 2.45. The van der Waals surface area contributed by atoms with Gasteiger partial charge in [-0.15, -0.1) is 0 Å². The fourth-order valence-corrected chi connectivity index (χ4v) is 3.47. The lowest BCUT2D eigenvalue weighted by molar-refractivity contribution is -0.535. The Bertz CT molecular complexity index is 634. The third-order valence-corrected chi connectivity index (χ3v) is 4.34. The second kappa shape index (κ2) is 6.71. The van der Waals surface area contributed by atoms with Gasteiger partial charge in [-0.1, -0.05) is 26.8 Å². The fourth-order valence-electron chi connectivity index (χ4n) is 3.47. The summed E-state index contributed by atoms with van der Waals surface area (Å²) in [5.74, 6) is -0.984. The van der Waals surface area contributed by atoms with Crippen LogP contribution in [0.25, 0.3) is 0 Å². The van der Waals surface area contributed by atoms with E-state index in [1.54, 1.807) is 45.2 Å². The average Bonchev–Trinajstić information content (AvgIpc) is 2.87. The summed E-state index contributed by atoms with van der Waals surface area (Å²) in [6.45, 7) is 11.1. The van der Waals surface area contributed by atoms with Gasteiger partial charge in [0.05, 0.1) is 11.6 Å². The van der Waals surface area contributed by atoms with Gasteiger partial charge in [0.25, 0.3) is 0 Å². The highest BCUT2D eigenvalue weighted by Gasteiger charge is 2.59. The van der Waals surface area contributed by atoms with Crippen LogP contribution in [0.5, 0.6) is 0 Å². The number of carbonyl (C=O) groups is 1. The van der Waals surface area contributed by atoms with Crippen LogP contribution < -0.4 is 5.32 Å². The number of ether oxygens (including phenoxy) is 1. The van der Waals surface area contributed by atoms with E-state index in [0.717, 1.165) is 0 Å². The van der Waals surface area contributed by atoms with E-state index in [1.165, 1.54) is 0 Å².